The number of benzene rings is 2. The third-order valence-corrected chi connectivity index (χ3v) is 7.69. The van der Waals surface area contributed by atoms with E-state index in [1.165, 1.54) is 16.4 Å². The fourth-order valence-electron chi connectivity index (χ4n) is 5.09. The summed E-state index contributed by atoms with van der Waals surface area (Å²) in [6.45, 7) is 2.34. The highest BCUT2D eigenvalue weighted by Gasteiger charge is 2.49. The largest absolute Gasteiger partial charge is 0.387 e. The van der Waals surface area contributed by atoms with E-state index >= 15 is 0 Å². The second-order valence-corrected chi connectivity index (χ2v) is 10.3. The van der Waals surface area contributed by atoms with Gasteiger partial charge in [0.15, 0.2) is 0 Å². The number of hydrogen-bond acceptors (Lipinski definition) is 7. The van der Waals surface area contributed by atoms with E-state index in [1.807, 2.05) is 12.1 Å². The van der Waals surface area contributed by atoms with Crippen molar-refractivity contribution in [2.24, 2.45) is 0 Å². The molecule has 1 saturated carbocycles. The van der Waals surface area contributed by atoms with Gasteiger partial charge in [-0.25, -0.2) is 9.97 Å². The SMILES string of the molecule is Cc1nn(-c2c(Cl)cccc2Cl)c(=O)c2cnc(Nc3ccc4c(c3)CN(C(=O)CO)CC43CC3)nc12. The minimum Gasteiger partial charge on any atom is -0.387 e. The Labute approximate surface area is 221 Å². The smallest absolute Gasteiger partial charge is 0.282 e. The Morgan fingerprint density at radius 2 is 1.95 bits per heavy atom. The van der Waals surface area contributed by atoms with Gasteiger partial charge in [0, 0.05) is 30.4 Å². The van der Waals surface area contributed by atoms with E-state index in [0.29, 0.717) is 46.0 Å². The molecule has 0 atom stereocenters. The Morgan fingerprint density at radius 3 is 2.65 bits per heavy atom. The van der Waals surface area contributed by atoms with Crippen LogP contribution in [0.1, 0.15) is 29.7 Å². The number of carbonyl (C=O) groups is 1. The first-order valence-corrected chi connectivity index (χ1v) is 12.6. The van der Waals surface area contributed by atoms with Crippen molar-refractivity contribution in [2.75, 3.05) is 18.5 Å². The number of amides is 1. The van der Waals surface area contributed by atoms with Gasteiger partial charge in [0.05, 0.1) is 21.1 Å². The number of halogens is 2. The zero-order valence-electron chi connectivity index (χ0n) is 19.8. The molecule has 188 valence electrons. The molecule has 3 heterocycles. The summed E-state index contributed by atoms with van der Waals surface area (Å²) in [6, 6.07) is 11.0. The molecule has 2 aromatic heterocycles. The lowest BCUT2D eigenvalue weighted by atomic mass is 9.86. The maximum Gasteiger partial charge on any atom is 0.282 e. The Bertz CT molecular complexity index is 1630. The second kappa shape index (κ2) is 8.79. The molecular weight excluding hydrogens is 515 g/mol. The highest BCUT2D eigenvalue weighted by atomic mass is 35.5. The summed E-state index contributed by atoms with van der Waals surface area (Å²) >= 11 is 12.6. The van der Waals surface area contributed by atoms with Gasteiger partial charge in [-0.2, -0.15) is 9.78 Å². The molecule has 2 N–H and O–H groups in total. The van der Waals surface area contributed by atoms with Gasteiger partial charge in [-0.15, -0.1) is 0 Å². The van der Waals surface area contributed by atoms with E-state index < -0.39 is 12.2 Å². The number of anilines is 2. The molecular formula is C26H22Cl2N6O3. The maximum absolute atomic E-state index is 13.2. The zero-order chi connectivity index (χ0) is 25.9. The van der Waals surface area contributed by atoms with Gasteiger partial charge in [-0.1, -0.05) is 35.3 Å². The lowest BCUT2D eigenvalue weighted by Crippen LogP contribution is -2.42. The molecule has 9 nitrogen and oxygen atoms in total. The van der Waals surface area contributed by atoms with Crippen LogP contribution in [0.5, 0.6) is 0 Å². The van der Waals surface area contributed by atoms with E-state index in [9.17, 15) is 14.7 Å². The van der Waals surface area contributed by atoms with Gasteiger partial charge in [0.25, 0.3) is 5.56 Å². The number of aliphatic hydroxyl groups is 1. The number of aromatic nitrogens is 4. The van der Waals surface area contributed by atoms with Crippen molar-refractivity contribution in [3.63, 3.8) is 0 Å². The molecule has 0 saturated heterocycles. The second-order valence-electron chi connectivity index (χ2n) is 9.51. The van der Waals surface area contributed by atoms with Crippen LogP contribution >= 0.6 is 23.2 Å². The average Bonchev–Trinajstić information content (AvgIpc) is 3.65. The predicted molar refractivity (Wildman–Crippen MR) is 141 cm³/mol. The minimum atomic E-state index is -0.494. The number of nitrogens with zero attached hydrogens (tertiary/aromatic N) is 5. The molecule has 0 unspecified atom stereocenters. The van der Waals surface area contributed by atoms with Crippen LogP contribution < -0.4 is 10.9 Å². The van der Waals surface area contributed by atoms with Gasteiger partial charge in [0.2, 0.25) is 11.9 Å². The van der Waals surface area contributed by atoms with Crippen LogP contribution in [0.3, 0.4) is 0 Å². The third-order valence-electron chi connectivity index (χ3n) is 7.08. The lowest BCUT2D eigenvalue weighted by Gasteiger charge is -2.35. The number of fused-ring (bicyclic) bond motifs is 3. The van der Waals surface area contributed by atoms with E-state index in [4.69, 9.17) is 23.2 Å². The molecule has 6 rings (SSSR count). The lowest BCUT2D eigenvalue weighted by molar-refractivity contribution is -0.135. The fourth-order valence-corrected chi connectivity index (χ4v) is 5.65. The van der Waals surface area contributed by atoms with Crippen LogP contribution in [0.25, 0.3) is 16.6 Å². The molecule has 4 aromatic rings. The van der Waals surface area contributed by atoms with E-state index in [0.717, 1.165) is 24.1 Å². The Kier molecular flexibility index (Phi) is 5.67. The van der Waals surface area contributed by atoms with Crippen molar-refractivity contribution in [3.8, 4) is 5.69 Å². The standard InChI is InChI=1S/C26H22Cl2N6O3/c1-14-22-17(24(37)34(32-14)23-19(27)3-2-4-20(23)28)10-29-25(31-22)30-16-5-6-18-15(9-16)11-33(21(36)12-35)13-26(18)7-8-26/h2-6,9-10,35H,7-8,11-13H2,1H3,(H,29,30,31). The number of nitrogens with one attached hydrogen (secondary N) is 1. The number of para-hydroxylation sites is 1. The molecule has 1 aliphatic heterocycles. The summed E-state index contributed by atoms with van der Waals surface area (Å²) < 4.78 is 1.18. The summed E-state index contributed by atoms with van der Waals surface area (Å²) in [7, 11) is 0. The van der Waals surface area contributed by atoms with Crippen LogP contribution in [0.4, 0.5) is 11.6 Å². The molecule has 11 heteroatoms. The predicted octanol–water partition coefficient (Wildman–Crippen LogP) is 3.90. The van der Waals surface area contributed by atoms with Gasteiger partial charge >= 0.3 is 0 Å². The number of carbonyl (C=O) groups excluding carboxylic acids is 1. The van der Waals surface area contributed by atoms with Crippen LogP contribution in [0.2, 0.25) is 10.0 Å². The Hall–Kier alpha value is -3.53. The molecule has 1 fully saturated rings. The Morgan fingerprint density at radius 1 is 1.19 bits per heavy atom. The van der Waals surface area contributed by atoms with Crippen molar-refractivity contribution in [3.05, 3.63) is 79.8 Å². The van der Waals surface area contributed by atoms with Gasteiger partial charge in [-0.05, 0) is 55.2 Å². The van der Waals surface area contributed by atoms with Crippen molar-refractivity contribution in [2.45, 2.75) is 31.7 Å². The molecule has 2 aliphatic rings. The molecule has 0 bridgehead atoms. The summed E-state index contributed by atoms with van der Waals surface area (Å²) in [5.74, 6) is 0.0466. The average molecular weight is 537 g/mol. The number of aryl methyl sites for hydroxylation is 1. The number of hydrogen-bond donors (Lipinski definition) is 2. The maximum atomic E-state index is 13.2. The minimum absolute atomic E-state index is 0.0103. The number of rotatable bonds is 4. The van der Waals surface area contributed by atoms with E-state index in [1.54, 1.807) is 30.0 Å². The van der Waals surface area contributed by atoms with Gasteiger partial charge in [-0.3, -0.25) is 9.59 Å². The van der Waals surface area contributed by atoms with E-state index in [2.05, 4.69) is 26.4 Å². The molecule has 37 heavy (non-hydrogen) atoms. The first-order valence-electron chi connectivity index (χ1n) is 11.8. The molecule has 1 aliphatic carbocycles. The van der Waals surface area contributed by atoms with Crippen molar-refractivity contribution >= 4 is 51.6 Å². The molecule has 1 amide bonds. The van der Waals surface area contributed by atoms with Crippen LogP contribution in [0.15, 0.2) is 47.4 Å². The molecule has 2 aromatic carbocycles. The van der Waals surface area contributed by atoms with Crippen LogP contribution in [0, 0.1) is 6.92 Å². The van der Waals surface area contributed by atoms with Crippen LogP contribution in [-0.4, -0.2) is 48.8 Å². The highest BCUT2D eigenvalue weighted by Crippen LogP contribution is 2.52. The normalized spacial score (nSPS) is 15.6. The van der Waals surface area contributed by atoms with Gasteiger partial charge < -0.3 is 15.3 Å². The fraction of sp³-hybridized carbons (Fsp3) is 0.269. The first-order chi connectivity index (χ1) is 17.8. The van der Waals surface area contributed by atoms with Crippen LogP contribution in [-0.2, 0) is 16.8 Å². The zero-order valence-corrected chi connectivity index (χ0v) is 21.3. The van der Waals surface area contributed by atoms with Crippen molar-refractivity contribution in [1.29, 1.82) is 0 Å². The quantitative estimate of drug-likeness (QED) is 0.406. The number of aliphatic hydroxyl groups excluding tert-OH is 1. The van der Waals surface area contributed by atoms with E-state index in [-0.39, 0.29) is 16.7 Å². The molecule has 0 radical (unpaired) electrons. The highest BCUT2D eigenvalue weighted by molar-refractivity contribution is 6.37. The molecule has 1 spiro atoms. The summed E-state index contributed by atoms with van der Waals surface area (Å²) in [5, 5.41) is 17.9. The van der Waals surface area contributed by atoms with Gasteiger partial charge in [0.1, 0.15) is 17.8 Å². The first kappa shape index (κ1) is 23.8. The topological polar surface area (TPSA) is 113 Å². The van der Waals surface area contributed by atoms with Crippen molar-refractivity contribution in [1.82, 2.24) is 24.6 Å². The third kappa shape index (κ3) is 4.03. The van der Waals surface area contributed by atoms with Crippen molar-refractivity contribution < 1.29 is 9.90 Å². The monoisotopic (exact) mass is 536 g/mol. The Balaban J connectivity index is 1.34. The summed E-state index contributed by atoms with van der Waals surface area (Å²) in [4.78, 5) is 36.1. The summed E-state index contributed by atoms with van der Waals surface area (Å²) in [6.07, 6.45) is 3.51. The summed E-state index contributed by atoms with van der Waals surface area (Å²) in [5.41, 5.74) is 3.83.